The van der Waals surface area contributed by atoms with Crippen LogP contribution in [0.25, 0.3) is 6.08 Å². The molecule has 0 atom stereocenters. The van der Waals surface area contributed by atoms with Crippen LogP contribution in [0.3, 0.4) is 0 Å². The van der Waals surface area contributed by atoms with E-state index in [2.05, 4.69) is 5.32 Å². The van der Waals surface area contributed by atoms with Crippen molar-refractivity contribution in [1.29, 1.82) is 0 Å². The number of nitrogens with one attached hydrogen (secondary N) is 1. The topological polar surface area (TPSA) is 46.2 Å². The number of amides is 1. The predicted octanol–water partition coefficient (Wildman–Crippen LogP) is 5.19. The second kappa shape index (κ2) is 8.28. The molecule has 0 aromatic heterocycles. The average molecular weight is 355 g/mol. The molecule has 0 aliphatic rings. The summed E-state index contributed by atoms with van der Waals surface area (Å²) in [5.41, 5.74) is 4.96. The molecule has 0 saturated carbocycles. The summed E-state index contributed by atoms with van der Waals surface area (Å²) < 4.78 is 0. The van der Waals surface area contributed by atoms with Crippen molar-refractivity contribution in [1.82, 2.24) is 0 Å². The first-order chi connectivity index (χ1) is 13.0. The van der Waals surface area contributed by atoms with E-state index < -0.39 is 0 Å². The number of hydrogen-bond acceptors (Lipinski definition) is 2. The molecule has 134 valence electrons. The van der Waals surface area contributed by atoms with Crippen molar-refractivity contribution in [2.75, 3.05) is 5.32 Å². The smallest absolute Gasteiger partial charge is 0.248 e. The predicted molar refractivity (Wildman–Crippen MR) is 110 cm³/mol. The van der Waals surface area contributed by atoms with Gasteiger partial charge >= 0.3 is 0 Å². The molecule has 3 aromatic carbocycles. The lowest BCUT2D eigenvalue weighted by molar-refractivity contribution is -0.111. The Morgan fingerprint density at radius 3 is 2.26 bits per heavy atom. The lowest BCUT2D eigenvalue weighted by Crippen LogP contribution is -2.09. The molecule has 0 saturated heterocycles. The molecule has 3 heteroatoms. The van der Waals surface area contributed by atoms with Crippen LogP contribution in [-0.4, -0.2) is 11.7 Å². The molecule has 0 aliphatic heterocycles. The molecule has 0 spiro atoms. The second-order valence-corrected chi connectivity index (χ2v) is 6.44. The minimum absolute atomic E-state index is 0.0611. The van der Waals surface area contributed by atoms with Gasteiger partial charge in [-0.05, 0) is 54.8 Å². The largest absolute Gasteiger partial charge is 0.322 e. The zero-order chi connectivity index (χ0) is 19.2. The molecule has 0 heterocycles. The van der Waals surface area contributed by atoms with Crippen molar-refractivity contribution in [3.05, 3.63) is 107 Å². The number of benzene rings is 3. The Hall–Kier alpha value is -3.46. The molecule has 0 bridgehead atoms. The highest BCUT2D eigenvalue weighted by molar-refractivity contribution is 6.10. The highest BCUT2D eigenvalue weighted by Gasteiger charge is 2.11. The number of aryl methyl sites for hydroxylation is 2. The fraction of sp³-hybridized carbons (Fsp3) is 0.0833. The van der Waals surface area contributed by atoms with Gasteiger partial charge in [0.25, 0.3) is 0 Å². The van der Waals surface area contributed by atoms with Gasteiger partial charge in [-0.15, -0.1) is 0 Å². The van der Waals surface area contributed by atoms with Crippen LogP contribution in [0, 0.1) is 13.8 Å². The van der Waals surface area contributed by atoms with Crippen LogP contribution in [0.4, 0.5) is 5.69 Å². The fourth-order valence-corrected chi connectivity index (χ4v) is 2.71. The van der Waals surface area contributed by atoms with Gasteiger partial charge in [-0.1, -0.05) is 54.6 Å². The van der Waals surface area contributed by atoms with Crippen molar-refractivity contribution in [2.45, 2.75) is 13.8 Å². The third-order valence-corrected chi connectivity index (χ3v) is 4.39. The molecule has 1 amide bonds. The maximum absolute atomic E-state index is 12.7. The summed E-state index contributed by atoms with van der Waals surface area (Å²) in [6.45, 7) is 4.00. The van der Waals surface area contributed by atoms with Crippen molar-refractivity contribution >= 4 is 23.5 Å². The van der Waals surface area contributed by atoms with Crippen molar-refractivity contribution in [3.8, 4) is 0 Å². The number of anilines is 1. The van der Waals surface area contributed by atoms with Gasteiger partial charge in [-0.2, -0.15) is 0 Å². The average Bonchev–Trinajstić information content (AvgIpc) is 2.69. The highest BCUT2D eigenvalue weighted by Crippen LogP contribution is 2.17. The van der Waals surface area contributed by atoms with Crippen molar-refractivity contribution < 1.29 is 9.59 Å². The zero-order valence-corrected chi connectivity index (χ0v) is 15.4. The van der Waals surface area contributed by atoms with Crippen LogP contribution in [0.2, 0.25) is 0 Å². The quantitative estimate of drug-likeness (QED) is 0.506. The number of hydrogen-bond donors (Lipinski definition) is 1. The summed E-state index contributed by atoms with van der Waals surface area (Å²) in [5.74, 6) is -0.302. The molecule has 3 nitrogen and oxygen atoms in total. The molecule has 27 heavy (non-hydrogen) atoms. The first-order valence-corrected chi connectivity index (χ1v) is 8.79. The molecule has 3 aromatic rings. The summed E-state index contributed by atoms with van der Waals surface area (Å²) >= 11 is 0. The first-order valence-electron chi connectivity index (χ1n) is 8.79. The summed E-state index contributed by atoms with van der Waals surface area (Å²) in [5, 5.41) is 2.80. The van der Waals surface area contributed by atoms with E-state index in [1.807, 2.05) is 62.4 Å². The molecule has 0 radical (unpaired) electrons. The lowest BCUT2D eigenvalue weighted by atomic mass is 9.99. The van der Waals surface area contributed by atoms with Crippen molar-refractivity contribution in [2.24, 2.45) is 0 Å². The highest BCUT2D eigenvalue weighted by atomic mass is 16.1. The number of carbonyl (C=O) groups is 2. The van der Waals surface area contributed by atoms with E-state index in [1.54, 1.807) is 30.3 Å². The Morgan fingerprint density at radius 1 is 0.778 bits per heavy atom. The standard InChI is InChI=1S/C24H21NO2/c1-17-11-13-21(15-18(17)2)24(27)20-9-6-10-22(16-20)25-23(26)14-12-19-7-4-3-5-8-19/h3-16H,1-2H3,(H,25,26)/b14-12+. The number of rotatable bonds is 5. The summed E-state index contributed by atoms with van der Waals surface area (Å²) in [7, 11) is 0. The monoisotopic (exact) mass is 355 g/mol. The van der Waals surface area contributed by atoms with Gasteiger partial charge in [0, 0.05) is 22.9 Å². The van der Waals surface area contributed by atoms with E-state index in [1.165, 1.54) is 6.08 Å². The zero-order valence-electron chi connectivity index (χ0n) is 15.4. The van der Waals surface area contributed by atoms with Crippen LogP contribution in [0.1, 0.15) is 32.6 Å². The van der Waals surface area contributed by atoms with Crippen molar-refractivity contribution in [3.63, 3.8) is 0 Å². The fourth-order valence-electron chi connectivity index (χ4n) is 2.71. The molecular weight excluding hydrogens is 334 g/mol. The van der Waals surface area contributed by atoms with Crippen LogP contribution < -0.4 is 5.32 Å². The van der Waals surface area contributed by atoms with Gasteiger partial charge in [-0.3, -0.25) is 9.59 Å². The third-order valence-electron chi connectivity index (χ3n) is 4.39. The van der Waals surface area contributed by atoms with Gasteiger partial charge in [0.15, 0.2) is 5.78 Å². The van der Waals surface area contributed by atoms with Crippen LogP contribution in [-0.2, 0) is 4.79 Å². The Balaban J connectivity index is 1.73. The van der Waals surface area contributed by atoms with E-state index >= 15 is 0 Å². The second-order valence-electron chi connectivity index (χ2n) is 6.44. The Kier molecular flexibility index (Phi) is 5.62. The Labute approximate surface area is 159 Å². The van der Waals surface area contributed by atoms with E-state index in [-0.39, 0.29) is 11.7 Å². The number of carbonyl (C=O) groups excluding carboxylic acids is 2. The summed E-state index contributed by atoms with van der Waals surface area (Å²) in [6.07, 6.45) is 3.23. The molecule has 0 aliphatic carbocycles. The lowest BCUT2D eigenvalue weighted by Gasteiger charge is -2.07. The van der Waals surface area contributed by atoms with Gasteiger partial charge in [0.2, 0.25) is 5.91 Å². The molecular formula is C24H21NO2. The molecule has 3 rings (SSSR count). The van der Waals surface area contributed by atoms with Gasteiger partial charge in [0.05, 0.1) is 0 Å². The minimum atomic E-state index is -0.241. The van der Waals surface area contributed by atoms with Crippen LogP contribution >= 0.6 is 0 Å². The third kappa shape index (κ3) is 4.79. The minimum Gasteiger partial charge on any atom is -0.322 e. The Bertz CT molecular complexity index is 1000. The van der Waals surface area contributed by atoms with E-state index in [0.29, 0.717) is 16.8 Å². The SMILES string of the molecule is Cc1ccc(C(=O)c2cccc(NC(=O)/C=C/c3ccccc3)c2)cc1C. The van der Waals surface area contributed by atoms with Gasteiger partial charge in [-0.25, -0.2) is 0 Å². The van der Waals surface area contributed by atoms with Gasteiger partial charge in [0.1, 0.15) is 0 Å². The van der Waals surface area contributed by atoms with E-state index in [4.69, 9.17) is 0 Å². The maximum Gasteiger partial charge on any atom is 0.248 e. The van der Waals surface area contributed by atoms with E-state index in [0.717, 1.165) is 16.7 Å². The van der Waals surface area contributed by atoms with Gasteiger partial charge < -0.3 is 5.32 Å². The first kappa shape index (κ1) is 18.3. The normalized spacial score (nSPS) is 10.7. The molecule has 1 N–H and O–H groups in total. The molecule has 0 unspecified atom stereocenters. The van der Waals surface area contributed by atoms with Crippen LogP contribution in [0.5, 0.6) is 0 Å². The Morgan fingerprint density at radius 2 is 1.52 bits per heavy atom. The maximum atomic E-state index is 12.7. The van der Waals surface area contributed by atoms with E-state index in [9.17, 15) is 9.59 Å². The van der Waals surface area contributed by atoms with Crippen LogP contribution in [0.15, 0.2) is 78.9 Å². The number of ketones is 1. The summed E-state index contributed by atoms with van der Waals surface area (Å²) in [4.78, 5) is 24.9. The molecule has 0 fully saturated rings. The summed E-state index contributed by atoms with van der Waals surface area (Å²) in [6, 6.07) is 22.3.